The van der Waals surface area contributed by atoms with Crippen LogP contribution in [-0.4, -0.2) is 33.0 Å². The lowest BCUT2D eigenvalue weighted by atomic mass is 10.1. The molecule has 3 rings (SSSR count). The number of hydrogen-bond acceptors (Lipinski definition) is 6. The molecule has 0 atom stereocenters. The molecule has 0 fully saturated rings. The smallest absolute Gasteiger partial charge is 0.264 e. The molecule has 0 bridgehead atoms. The second-order valence-electron chi connectivity index (χ2n) is 5.68. The normalized spacial score (nSPS) is 11.2. The van der Waals surface area contributed by atoms with Crippen LogP contribution in [0.1, 0.15) is 38.2 Å². The number of aryl methyl sites for hydroxylation is 4. The molecule has 0 radical (unpaired) electrons. The summed E-state index contributed by atoms with van der Waals surface area (Å²) >= 11 is 1.42. The van der Waals surface area contributed by atoms with Gasteiger partial charge in [0.1, 0.15) is 22.1 Å². The first-order valence-electron chi connectivity index (χ1n) is 7.29. The van der Waals surface area contributed by atoms with Crippen molar-refractivity contribution in [1.29, 1.82) is 0 Å². The van der Waals surface area contributed by atoms with Crippen molar-refractivity contribution in [2.75, 3.05) is 7.05 Å². The number of aromatic nitrogens is 3. The summed E-state index contributed by atoms with van der Waals surface area (Å²) in [7, 11) is 1.76. The topological polar surface area (TPSA) is 72.1 Å². The standard InChI is InChI=1S/C16H18N4O2S/c1-8-6-12(19-22-8)7-20(5)16(21)14-9(2)13-10(3)17-11(4)18-15(13)23-14/h6H,7H2,1-5H3. The van der Waals surface area contributed by atoms with Crippen molar-refractivity contribution in [3.05, 3.63) is 39.5 Å². The number of thiophene rings is 1. The van der Waals surface area contributed by atoms with Crippen LogP contribution in [0.25, 0.3) is 10.2 Å². The number of hydrogen-bond donors (Lipinski definition) is 0. The molecule has 3 aromatic rings. The molecule has 3 aromatic heterocycles. The molecule has 0 N–H and O–H groups in total. The molecule has 120 valence electrons. The summed E-state index contributed by atoms with van der Waals surface area (Å²) in [5.74, 6) is 1.42. The number of carbonyl (C=O) groups excluding carboxylic acids is 1. The van der Waals surface area contributed by atoms with Gasteiger partial charge in [-0.1, -0.05) is 5.16 Å². The summed E-state index contributed by atoms with van der Waals surface area (Å²) in [6.07, 6.45) is 0. The van der Waals surface area contributed by atoms with Gasteiger partial charge in [-0.25, -0.2) is 9.97 Å². The molecule has 23 heavy (non-hydrogen) atoms. The van der Waals surface area contributed by atoms with Crippen molar-refractivity contribution in [2.24, 2.45) is 0 Å². The Balaban J connectivity index is 1.94. The molecule has 7 heteroatoms. The molecule has 0 saturated carbocycles. The highest BCUT2D eigenvalue weighted by atomic mass is 32.1. The van der Waals surface area contributed by atoms with E-state index >= 15 is 0 Å². The second-order valence-corrected chi connectivity index (χ2v) is 6.68. The molecule has 0 saturated heterocycles. The highest BCUT2D eigenvalue weighted by Gasteiger charge is 2.22. The lowest BCUT2D eigenvalue weighted by Gasteiger charge is -2.14. The highest BCUT2D eigenvalue weighted by Crippen LogP contribution is 2.32. The van der Waals surface area contributed by atoms with E-state index in [2.05, 4.69) is 15.1 Å². The zero-order valence-electron chi connectivity index (χ0n) is 13.8. The molecule has 0 aliphatic heterocycles. The Bertz CT molecular complexity index is 897. The summed E-state index contributed by atoms with van der Waals surface area (Å²) in [6, 6.07) is 1.83. The van der Waals surface area contributed by atoms with Crippen molar-refractivity contribution in [3.8, 4) is 0 Å². The van der Waals surface area contributed by atoms with E-state index in [4.69, 9.17) is 4.52 Å². The third-order valence-corrected chi connectivity index (χ3v) is 4.87. The number of rotatable bonds is 3. The summed E-state index contributed by atoms with van der Waals surface area (Å²) in [6.45, 7) is 8.01. The van der Waals surface area contributed by atoms with Crippen LogP contribution in [0.2, 0.25) is 0 Å². The summed E-state index contributed by atoms with van der Waals surface area (Å²) in [5.41, 5.74) is 2.59. The zero-order chi connectivity index (χ0) is 16.7. The summed E-state index contributed by atoms with van der Waals surface area (Å²) < 4.78 is 5.05. The van der Waals surface area contributed by atoms with Crippen molar-refractivity contribution in [3.63, 3.8) is 0 Å². The molecule has 6 nitrogen and oxygen atoms in total. The third-order valence-electron chi connectivity index (χ3n) is 3.70. The minimum Gasteiger partial charge on any atom is -0.361 e. The van der Waals surface area contributed by atoms with E-state index in [-0.39, 0.29) is 5.91 Å². The van der Waals surface area contributed by atoms with E-state index in [1.165, 1.54) is 11.3 Å². The van der Waals surface area contributed by atoms with Crippen LogP contribution in [0, 0.1) is 27.7 Å². The summed E-state index contributed by atoms with van der Waals surface area (Å²) in [4.78, 5) is 24.8. The fraction of sp³-hybridized carbons (Fsp3) is 0.375. The van der Waals surface area contributed by atoms with E-state index in [1.54, 1.807) is 11.9 Å². The van der Waals surface area contributed by atoms with Crippen molar-refractivity contribution >= 4 is 27.5 Å². The predicted octanol–water partition coefficient (Wildman–Crippen LogP) is 3.19. The van der Waals surface area contributed by atoms with Gasteiger partial charge in [-0.2, -0.15) is 0 Å². The number of fused-ring (bicyclic) bond motifs is 1. The Kier molecular flexibility index (Phi) is 3.89. The van der Waals surface area contributed by atoms with Crippen molar-refractivity contribution in [2.45, 2.75) is 34.2 Å². The minimum absolute atomic E-state index is 0.0387. The van der Waals surface area contributed by atoms with Gasteiger partial charge >= 0.3 is 0 Å². The molecule has 0 aliphatic carbocycles. The first-order valence-corrected chi connectivity index (χ1v) is 8.10. The number of nitrogens with zero attached hydrogens (tertiary/aromatic N) is 4. The molecule has 0 spiro atoms. The van der Waals surface area contributed by atoms with Gasteiger partial charge in [-0.3, -0.25) is 4.79 Å². The Morgan fingerprint density at radius 3 is 2.65 bits per heavy atom. The predicted molar refractivity (Wildman–Crippen MR) is 88.7 cm³/mol. The Morgan fingerprint density at radius 2 is 2.00 bits per heavy atom. The third kappa shape index (κ3) is 2.84. The van der Waals surface area contributed by atoms with E-state index < -0.39 is 0 Å². The van der Waals surface area contributed by atoms with E-state index in [9.17, 15) is 4.79 Å². The molecule has 0 aliphatic rings. The second kappa shape index (κ2) is 5.73. The van der Waals surface area contributed by atoms with Crippen LogP contribution in [0.3, 0.4) is 0 Å². The maximum absolute atomic E-state index is 12.8. The Morgan fingerprint density at radius 1 is 1.26 bits per heavy atom. The number of amides is 1. The van der Waals surface area contributed by atoms with Gasteiger partial charge in [0.15, 0.2) is 0 Å². The molecule has 0 unspecified atom stereocenters. The van der Waals surface area contributed by atoms with Crippen LogP contribution in [0.15, 0.2) is 10.6 Å². The maximum atomic E-state index is 12.8. The first kappa shape index (κ1) is 15.6. The average Bonchev–Trinajstić information content (AvgIpc) is 3.01. The van der Waals surface area contributed by atoms with E-state index in [1.807, 2.05) is 33.8 Å². The van der Waals surface area contributed by atoms with E-state index in [0.717, 1.165) is 38.8 Å². The largest absolute Gasteiger partial charge is 0.361 e. The van der Waals surface area contributed by atoms with E-state index in [0.29, 0.717) is 11.4 Å². The first-order chi connectivity index (χ1) is 10.9. The Hall–Kier alpha value is -2.28. The van der Waals surface area contributed by atoms with Gasteiger partial charge in [0.25, 0.3) is 5.91 Å². The van der Waals surface area contributed by atoms with Crippen LogP contribution in [0.5, 0.6) is 0 Å². The van der Waals surface area contributed by atoms with Gasteiger partial charge in [0.05, 0.1) is 11.4 Å². The summed E-state index contributed by atoms with van der Waals surface area (Å²) in [5, 5.41) is 4.92. The SMILES string of the molecule is Cc1nc(C)c2c(C)c(C(=O)N(C)Cc3cc(C)on3)sc2n1. The van der Waals surface area contributed by atoms with Gasteiger partial charge < -0.3 is 9.42 Å². The van der Waals surface area contributed by atoms with Crippen LogP contribution >= 0.6 is 11.3 Å². The van der Waals surface area contributed by atoms with Gasteiger partial charge in [0.2, 0.25) is 0 Å². The molecule has 3 heterocycles. The highest BCUT2D eigenvalue weighted by molar-refractivity contribution is 7.20. The van der Waals surface area contributed by atoms with Gasteiger partial charge in [-0.15, -0.1) is 11.3 Å². The van der Waals surface area contributed by atoms with Crippen LogP contribution in [-0.2, 0) is 6.54 Å². The van der Waals surface area contributed by atoms with Crippen molar-refractivity contribution in [1.82, 2.24) is 20.0 Å². The fourth-order valence-corrected chi connectivity index (χ4v) is 3.93. The molecular weight excluding hydrogens is 312 g/mol. The quantitative estimate of drug-likeness (QED) is 0.737. The van der Waals surface area contributed by atoms with Crippen molar-refractivity contribution < 1.29 is 9.32 Å². The van der Waals surface area contributed by atoms with Crippen LogP contribution < -0.4 is 0 Å². The van der Waals surface area contributed by atoms with Gasteiger partial charge in [-0.05, 0) is 33.3 Å². The minimum atomic E-state index is -0.0387. The zero-order valence-corrected chi connectivity index (χ0v) is 14.6. The monoisotopic (exact) mass is 330 g/mol. The lowest BCUT2D eigenvalue weighted by Crippen LogP contribution is -2.26. The maximum Gasteiger partial charge on any atom is 0.264 e. The lowest BCUT2D eigenvalue weighted by molar-refractivity contribution is 0.0786. The molecule has 1 amide bonds. The number of carbonyl (C=O) groups is 1. The molecule has 0 aromatic carbocycles. The van der Waals surface area contributed by atoms with Crippen LogP contribution in [0.4, 0.5) is 0 Å². The average molecular weight is 330 g/mol. The molecular formula is C16H18N4O2S. The fourth-order valence-electron chi connectivity index (χ4n) is 2.66. The Labute approximate surface area is 138 Å². The van der Waals surface area contributed by atoms with Gasteiger partial charge in [0, 0.05) is 24.2 Å².